The van der Waals surface area contributed by atoms with E-state index < -0.39 is 0 Å². The maximum absolute atomic E-state index is 5.68. The first-order valence-corrected chi connectivity index (χ1v) is 4.78. The average Bonchev–Trinajstić information content (AvgIpc) is 2.33. The first kappa shape index (κ1) is 10.2. The zero-order chi connectivity index (χ0) is 11.4. The standard InChI is InChI=1S/C11H12N4O/c1-16-9-5-3-2-4-8(9)15-11-10(12)13-6-7-14-11/h2-7H,1H3,(H2,12,13)(H,14,15). The van der Waals surface area contributed by atoms with E-state index in [4.69, 9.17) is 10.5 Å². The second kappa shape index (κ2) is 4.48. The van der Waals surface area contributed by atoms with E-state index >= 15 is 0 Å². The molecular weight excluding hydrogens is 204 g/mol. The number of aromatic nitrogens is 2. The maximum Gasteiger partial charge on any atom is 0.173 e. The summed E-state index contributed by atoms with van der Waals surface area (Å²) in [6.45, 7) is 0. The lowest BCUT2D eigenvalue weighted by atomic mass is 10.3. The van der Waals surface area contributed by atoms with Crippen molar-refractivity contribution in [3.8, 4) is 5.75 Å². The van der Waals surface area contributed by atoms with Crippen LogP contribution in [-0.4, -0.2) is 17.1 Å². The highest BCUT2D eigenvalue weighted by Gasteiger charge is 2.05. The third kappa shape index (κ3) is 2.03. The molecule has 2 rings (SSSR count). The molecule has 0 saturated heterocycles. The molecule has 0 atom stereocenters. The number of hydrogen-bond acceptors (Lipinski definition) is 5. The van der Waals surface area contributed by atoms with Gasteiger partial charge in [-0.15, -0.1) is 0 Å². The molecule has 3 N–H and O–H groups in total. The summed E-state index contributed by atoms with van der Waals surface area (Å²) in [6, 6.07) is 7.53. The predicted octanol–water partition coefficient (Wildman–Crippen LogP) is 1.81. The zero-order valence-electron chi connectivity index (χ0n) is 8.84. The molecule has 0 radical (unpaired) electrons. The van der Waals surface area contributed by atoms with Crippen LogP contribution in [0.3, 0.4) is 0 Å². The van der Waals surface area contributed by atoms with E-state index in [2.05, 4.69) is 15.3 Å². The van der Waals surface area contributed by atoms with Crippen molar-refractivity contribution in [1.29, 1.82) is 0 Å². The van der Waals surface area contributed by atoms with Crippen molar-refractivity contribution in [3.63, 3.8) is 0 Å². The number of anilines is 3. The summed E-state index contributed by atoms with van der Waals surface area (Å²) in [4.78, 5) is 8.04. The molecule has 16 heavy (non-hydrogen) atoms. The Bertz CT molecular complexity index is 487. The molecule has 0 unspecified atom stereocenters. The van der Waals surface area contributed by atoms with Gasteiger partial charge in [0.2, 0.25) is 0 Å². The van der Waals surface area contributed by atoms with Crippen LogP contribution >= 0.6 is 0 Å². The molecule has 1 aromatic heterocycles. The van der Waals surface area contributed by atoms with Crippen LogP contribution in [0.15, 0.2) is 36.7 Å². The third-order valence-corrected chi connectivity index (χ3v) is 2.09. The molecule has 0 aliphatic carbocycles. The van der Waals surface area contributed by atoms with E-state index in [0.717, 1.165) is 11.4 Å². The van der Waals surface area contributed by atoms with Gasteiger partial charge in [0, 0.05) is 12.4 Å². The molecule has 0 saturated carbocycles. The molecule has 5 heteroatoms. The monoisotopic (exact) mass is 216 g/mol. The number of ether oxygens (including phenoxy) is 1. The number of nitrogens with two attached hydrogens (primary N) is 1. The van der Waals surface area contributed by atoms with Crippen LogP contribution in [-0.2, 0) is 0 Å². The minimum atomic E-state index is 0.355. The molecule has 0 amide bonds. The molecule has 0 aliphatic rings. The van der Waals surface area contributed by atoms with Crippen molar-refractivity contribution in [2.75, 3.05) is 18.2 Å². The average molecular weight is 216 g/mol. The van der Waals surface area contributed by atoms with E-state index in [1.54, 1.807) is 19.5 Å². The minimum Gasteiger partial charge on any atom is -0.495 e. The second-order valence-corrected chi connectivity index (χ2v) is 3.12. The maximum atomic E-state index is 5.68. The van der Waals surface area contributed by atoms with Crippen LogP contribution in [0.25, 0.3) is 0 Å². The zero-order valence-corrected chi connectivity index (χ0v) is 8.84. The lowest BCUT2D eigenvalue weighted by Gasteiger charge is -2.10. The van der Waals surface area contributed by atoms with Crippen LogP contribution in [0.2, 0.25) is 0 Å². The van der Waals surface area contributed by atoms with Crippen LogP contribution in [0, 0.1) is 0 Å². The summed E-state index contributed by atoms with van der Waals surface area (Å²) in [5.74, 6) is 1.60. The van der Waals surface area contributed by atoms with E-state index in [1.807, 2.05) is 24.3 Å². The van der Waals surface area contributed by atoms with Crippen LogP contribution in [0.4, 0.5) is 17.3 Å². The summed E-state index contributed by atoms with van der Waals surface area (Å²) in [6.07, 6.45) is 3.12. The third-order valence-electron chi connectivity index (χ3n) is 2.09. The van der Waals surface area contributed by atoms with Gasteiger partial charge in [-0.25, -0.2) is 9.97 Å². The molecule has 2 aromatic rings. The number of nitrogen functional groups attached to an aromatic ring is 1. The highest BCUT2D eigenvalue weighted by molar-refractivity contribution is 5.69. The van der Waals surface area contributed by atoms with Gasteiger partial charge in [0.15, 0.2) is 11.6 Å². The summed E-state index contributed by atoms with van der Waals surface area (Å²) in [5, 5.41) is 3.07. The fourth-order valence-corrected chi connectivity index (χ4v) is 1.32. The number of methoxy groups -OCH3 is 1. The second-order valence-electron chi connectivity index (χ2n) is 3.12. The van der Waals surface area contributed by atoms with Crippen molar-refractivity contribution in [3.05, 3.63) is 36.7 Å². The topological polar surface area (TPSA) is 73.1 Å². The van der Waals surface area contributed by atoms with Gasteiger partial charge in [0.1, 0.15) is 5.75 Å². The van der Waals surface area contributed by atoms with Gasteiger partial charge in [0.25, 0.3) is 0 Å². The van der Waals surface area contributed by atoms with Crippen LogP contribution in [0.5, 0.6) is 5.75 Å². The number of nitrogens with zero attached hydrogens (tertiary/aromatic N) is 2. The SMILES string of the molecule is COc1ccccc1Nc1nccnc1N. The highest BCUT2D eigenvalue weighted by Crippen LogP contribution is 2.27. The number of para-hydroxylation sites is 2. The quantitative estimate of drug-likeness (QED) is 0.818. The number of hydrogen-bond donors (Lipinski definition) is 2. The Kier molecular flexibility index (Phi) is 2.86. The first-order chi connectivity index (χ1) is 7.81. The first-order valence-electron chi connectivity index (χ1n) is 4.78. The van der Waals surface area contributed by atoms with E-state index in [-0.39, 0.29) is 0 Å². The molecule has 0 fully saturated rings. The Morgan fingerprint density at radius 1 is 1.19 bits per heavy atom. The smallest absolute Gasteiger partial charge is 0.173 e. The fraction of sp³-hybridized carbons (Fsp3) is 0.0909. The van der Waals surface area contributed by atoms with Gasteiger partial charge in [0.05, 0.1) is 12.8 Å². The van der Waals surface area contributed by atoms with Gasteiger partial charge in [-0.3, -0.25) is 0 Å². The van der Waals surface area contributed by atoms with Crippen molar-refractivity contribution in [1.82, 2.24) is 9.97 Å². The van der Waals surface area contributed by atoms with Gasteiger partial charge >= 0.3 is 0 Å². The molecule has 0 bridgehead atoms. The van der Waals surface area contributed by atoms with E-state index in [9.17, 15) is 0 Å². The minimum absolute atomic E-state index is 0.355. The Hall–Kier alpha value is -2.30. The van der Waals surface area contributed by atoms with Gasteiger partial charge in [-0.2, -0.15) is 0 Å². The molecular formula is C11H12N4O. The predicted molar refractivity (Wildman–Crippen MR) is 62.7 cm³/mol. The van der Waals surface area contributed by atoms with Gasteiger partial charge < -0.3 is 15.8 Å². The largest absolute Gasteiger partial charge is 0.495 e. The van der Waals surface area contributed by atoms with E-state index in [1.165, 1.54) is 0 Å². The van der Waals surface area contributed by atoms with Crippen molar-refractivity contribution >= 4 is 17.3 Å². The molecule has 1 aromatic carbocycles. The van der Waals surface area contributed by atoms with Crippen LogP contribution < -0.4 is 15.8 Å². The van der Waals surface area contributed by atoms with Gasteiger partial charge in [-0.1, -0.05) is 12.1 Å². The molecule has 0 spiro atoms. The summed E-state index contributed by atoms with van der Waals surface area (Å²) >= 11 is 0. The van der Waals surface area contributed by atoms with Crippen LogP contribution in [0.1, 0.15) is 0 Å². The van der Waals surface area contributed by atoms with E-state index in [0.29, 0.717) is 11.6 Å². The Balaban J connectivity index is 2.30. The van der Waals surface area contributed by atoms with Crippen molar-refractivity contribution < 1.29 is 4.74 Å². The summed E-state index contributed by atoms with van der Waals surface area (Å²) in [5.41, 5.74) is 6.49. The molecule has 5 nitrogen and oxygen atoms in total. The number of benzene rings is 1. The lowest BCUT2D eigenvalue weighted by Crippen LogP contribution is -2.01. The lowest BCUT2D eigenvalue weighted by molar-refractivity contribution is 0.417. The fourth-order valence-electron chi connectivity index (χ4n) is 1.32. The molecule has 82 valence electrons. The van der Waals surface area contributed by atoms with Crippen molar-refractivity contribution in [2.24, 2.45) is 0 Å². The summed E-state index contributed by atoms with van der Waals surface area (Å²) in [7, 11) is 1.61. The Labute approximate surface area is 93.3 Å². The Morgan fingerprint density at radius 3 is 2.69 bits per heavy atom. The van der Waals surface area contributed by atoms with Gasteiger partial charge in [-0.05, 0) is 12.1 Å². The molecule has 1 heterocycles. The number of nitrogens with one attached hydrogen (secondary N) is 1. The number of rotatable bonds is 3. The summed E-state index contributed by atoms with van der Waals surface area (Å²) < 4.78 is 5.21. The highest BCUT2D eigenvalue weighted by atomic mass is 16.5. The normalized spacial score (nSPS) is 9.81. The van der Waals surface area contributed by atoms with Crippen molar-refractivity contribution in [2.45, 2.75) is 0 Å². The molecule has 0 aliphatic heterocycles. The Morgan fingerprint density at radius 2 is 1.94 bits per heavy atom.